The van der Waals surface area contributed by atoms with E-state index in [2.05, 4.69) is 0 Å². The fraction of sp³-hybridized carbons (Fsp3) is 0. The van der Waals surface area contributed by atoms with E-state index in [1.165, 1.54) is 0 Å². The minimum Gasteiger partial charge on any atom is -0.478 e. The average Bonchev–Trinajstić information content (AvgIpc) is 2.46. The van der Waals surface area contributed by atoms with Crippen LogP contribution in [0.15, 0.2) is 42.5 Å². The van der Waals surface area contributed by atoms with Gasteiger partial charge in [0.1, 0.15) is 0 Å². The largest absolute Gasteiger partial charge is 0.478 e. The number of aromatic carboxylic acids is 3. The Balaban J connectivity index is 0.00000242. The minimum atomic E-state index is -1.49. The molecule has 114 valence electrons. The Kier molecular flexibility index (Phi) is 5.45. The van der Waals surface area contributed by atoms with Gasteiger partial charge in [-0.3, -0.25) is 0 Å². The number of rotatable bonds is 4. The van der Waals surface area contributed by atoms with Crippen LogP contribution in [0.4, 0.5) is 0 Å². The maximum Gasteiger partial charge on any atom is 0.337 e. The summed E-state index contributed by atoms with van der Waals surface area (Å²) in [6, 6.07) is 10.2. The first-order valence-electron chi connectivity index (χ1n) is 5.85. The van der Waals surface area contributed by atoms with Crippen molar-refractivity contribution in [2.45, 2.75) is 0 Å². The summed E-state index contributed by atoms with van der Waals surface area (Å²) in [5.74, 6) is -4.25. The smallest absolute Gasteiger partial charge is 0.337 e. The molecule has 0 spiro atoms. The summed E-state index contributed by atoms with van der Waals surface area (Å²) in [5, 5.41) is 27.5. The van der Waals surface area contributed by atoms with Crippen molar-refractivity contribution in [3.8, 4) is 11.1 Å². The first kappa shape index (κ1) is 17.4. The number of hydrogen-bond acceptors (Lipinski definition) is 3. The Labute approximate surface area is 135 Å². The van der Waals surface area contributed by atoms with Crippen LogP contribution in [0, 0.1) is 0 Å². The van der Waals surface area contributed by atoms with Crippen LogP contribution < -0.4 is 0 Å². The van der Waals surface area contributed by atoms with E-state index in [0.717, 1.165) is 12.1 Å². The second kappa shape index (κ2) is 6.89. The standard InChI is InChI=1S/C15H10O6.Fe/c16-13(17)9-6-10(8-4-2-1-3-5-8)12(15(20)21)11(7-9)14(18)19;/h1-7H,(H,16,17)(H,18,19)(H,20,21);. The molecule has 0 atom stereocenters. The molecular weight excluding hydrogens is 332 g/mol. The molecule has 0 unspecified atom stereocenters. The summed E-state index contributed by atoms with van der Waals surface area (Å²) in [4.78, 5) is 33.7. The van der Waals surface area contributed by atoms with Crippen LogP contribution in [-0.4, -0.2) is 33.2 Å². The van der Waals surface area contributed by atoms with Gasteiger partial charge >= 0.3 is 17.9 Å². The molecule has 2 aromatic rings. The fourth-order valence-electron chi connectivity index (χ4n) is 2.01. The summed E-state index contributed by atoms with van der Waals surface area (Å²) in [5.41, 5.74) is -0.780. The van der Waals surface area contributed by atoms with Crippen molar-refractivity contribution in [1.82, 2.24) is 0 Å². The molecule has 0 aliphatic rings. The van der Waals surface area contributed by atoms with Crippen molar-refractivity contribution in [1.29, 1.82) is 0 Å². The van der Waals surface area contributed by atoms with Crippen molar-refractivity contribution in [3.05, 3.63) is 59.2 Å². The number of carbonyl (C=O) groups is 3. The van der Waals surface area contributed by atoms with E-state index in [0.29, 0.717) is 5.56 Å². The molecule has 2 aromatic carbocycles. The van der Waals surface area contributed by atoms with Gasteiger partial charge in [0, 0.05) is 17.1 Å². The van der Waals surface area contributed by atoms with Crippen LogP contribution in [0.1, 0.15) is 31.1 Å². The zero-order valence-corrected chi connectivity index (χ0v) is 12.1. The van der Waals surface area contributed by atoms with E-state index in [1.54, 1.807) is 30.3 Å². The van der Waals surface area contributed by atoms with Gasteiger partial charge in [-0.2, -0.15) is 0 Å². The van der Waals surface area contributed by atoms with Gasteiger partial charge in [-0.15, -0.1) is 0 Å². The maximum atomic E-state index is 11.4. The van der Waals surface area contributed by atoms with Crippen LogP contribution in [0.2, 0.25) is 0 Å². The summed E-state index contributed by atoms with van der Waals surface area (Å²) in [6.07, 6.45) is 0. The monoisotopic (exact) mass is 342 g/mol. The second-order valence-corrected chi connectivity index (χ2v) is 4.23. The predicted octanol–water partition coefficient (Wildman–Crippen LogP) is 2.45. The third-order valence-electron chi connectivity index (χ3n) is 2.91. The second-order valence-electron chi connectivity index (χ2n) is 4.23. The van der Waals surface area contributed by atoms with Crippen molar-refractivity contribution in [3.63, 3.8) is 0 Å². The molecule has 0 saturated heterocycles. The van der Waals surface area contributed by atoms with E-state index >= 15 is 0 Å². The van der Waals surface area contributed by atoms with Gasteiger partial charge in [0.25, 0.3) is 0 Å². The molecule has 0 fully saturated rings. The van der Waals surface area contributed by atoms with Crippen molar-refractivity contribution in [2.75, 3.05) is 0 Å². The van der Waals surface area contributed by atoms with Gasteiger partial charge < -0.3 is 15.3 Å². The van der Waals surface area contributed by atoms with Crippen LogP contribution in [-0.2, 0) is 17.1 Å². The average molecular weight is 342 g/mol. The zero-order valence-electron chi connectivity index (χ0n) is 11.0. The molecule has 7 heteroatoms. The summed E-state index contributed by atoms with van der Waals surface area (Å²) in [6.45, 7) is 0. The molecule has 0 aliphatic carbocycles. The van der Waals surface area contributed by atoms with Gasteiger partial charge in [-0.1, -0.05) is 30.3 Å². The first-order valence-corrected chi connectivity index (χ1v) is 5.85. The zero-order chi connectivity index (χ0) is 15.6. The summed E-state index contributed by atoms with van der Waals surface area (Å²) in [7, 11) is 0. The molecule has 3 N–H and O–H groups in total. The van der Waals surface area contributed by atoms with Crippen molar-refractivity contribution >= 4 is 17.9 Å². The normalized spacial score (nSPS) is 9.64. The Morgan fingerprint density at radius 3 is 1.82 bits per heavy atom. The Bertz CT molecular complexity index is 739. The number of carboxylic acid groups (broad SMARTS) is 3. The molecule has 0 aromatic heterocycles. The van der Waals surface area contributed by atoms with E-state index < -0.39 is 29.0 Å². The SMILES string of the molecule is O=C(O)c1cc(C(=O)O)c(C(=O)O)c(-c2ccccc2)c1.[Fe]. The van der Waals surface area contributed by atoms with Crippen LogP contribution >= 0.6 is 0 Å². The molecule has 0 aliphatic heterocycles. The van der Waals surface area contributed by atoms with Gasteiger partial charge in [0.2, 0.25) is 0 Å². The molecule has 2 rings (SSSR count). The summed E-state index contributed by atoms with van der Waals surface area (Å²) >= 11 is 0. The molecule has 0 bridgehead atoms. The van der Waals surface area contributed by atoms with Gasteiger partial charge in [0.05, 0.1) is 16.7 Å². The Hall–Kier alpha value is -2.63. The Morgan fingerprint density at radius 2 is 1.36 bits per heavy atom. The van der Waals surface area contributed by atoms with E-state index in [-0.39, 0.29) is 28.2 Å². The molecule has 6 nitrogen and oxygen atoms in total. The quantitative estimate of drug-likeness (QED) is 0.736. The fourth-order valence-corrected chi connectivity index (χ4v) is 2.01. The molecule has 0 saturated carbocycles. The maximum absolute atomic E-state index is 11.4. The third kappa shape index (κ3) is 3.33. The molecule has 22 heavy (non-hydrogen) atoms. The van der Waals surface area contributed by atoms with E-state index in [9.17, 15) is 19.5 Å². The number of benzene rings is 2. The summed E-state index contributed by atoms with van der Waals surface area (Å²) < 4.78 is 0. The van der Waals surface area contributed by atoms with Gasteiger partial charge in [-0.05, 0) is 23.3 Å². The third-order valence-corrected chi connectivity index (χ3v) is 2.91. The van der Waals surface area contributed by atoms with Crippen molar-refractivity contribution < 1.29 is 46.8 Å². The van der Waals surface area contributed by atoms with Crippen molar-refractivity contribution in [2.24, 2.45) is 0 Å². The predicted molar refractivity (Wildman–Crippen MR) is 72.8 cm³/mol. The van der Waals surface area contributed by atoms with Crippen LogP contribution in [0.25, 0.3) is 11.1 Å². The van der Waals surface area contributed by atoms with Crippen LogP contribution in [0.3, 0.4) is 0 Å². The van der Waals surface area contributed by atoms with Gasteiger partial charge in [-0.25, -0.2) is 14.4 Å². The van der Waals surface area contributed by atoms with E-state index in [1.807, 2.05) is 0 Å². The number of carboxylic acids is 3. The van der Waals surface area contributed by atoms with Gasteiger partial charge in [0.15, 0.2) is 0 Å². The molecule has 0 heterocycles. The molecular formula is C15H10FeO6. The van der Waals surface area contributed by atoms with E-state index in [4.69, 9.17) is 10.2 Å². The first-order chi connectivity index (χ1) is 9.91. The topological polar surface area (TPSA) is 112 Å². The molecule has 0 amide bonds. The Morgan fingerprint density at radius 1 is 0.773 bits per heavy atom. The number of hydrogen-bond donors (Lipinski definition) is 3. The van der Waals surface area contributed by atoms with Crippen LogP contribution in [0.5, 0.6) is 0 Å². The minimum absolute atomic E-state index is 0. The molecule has 0 radical (unpaired) electrons.